The van der Waals surface area contributed by atoms with Crippen LogP contribution in [0.2, 0.25) is 0 Å². The zero-order valence-corrected chi connectivity index (χ0v) is 12.9. The molecule has 0 unspecified atom stereocenters. The average molecular weight is 306 g/mol. The van der Waals surface area contributed by atoms with Gasteiger partial charge in [-0.3, -0.25) is 14.5 Å². The van der Waals surface area contributed by atoms with Crippen molar-refractivity contribution in [2.75, 3.05) is 39.9 Å². The quantitative estimate of drug-likeness (QED) is 0.802. The minimum atomic E-state index is -0.0427. The van der Waals surface area contributed by atoms with E-state index in [9.17, 15) is 9.59 Å². The summed E-state index contributed by atoms with van der Waals surface area (Å²) in [5.74, 6) is 0.542. The lowest BCUT2D eigenvalue weighted by Crippen LogP contribution is -2.38. The Labute approximate surface area is 129 Å². The average Bonchev–Trinajstić information content (AvgIpc) is 2.86. The normalized spacial score (nSPS) is 22.1. The number of carbonyl (C=O) groups is 1. The van der Waals surface area contributed by atoms with Crippen LogP contribution < -0.4 is 5.56 Å². The highest BCUT2D eigenvalue weighted by Crippen LogP contribution is 2.21. The van der Waals surface area contributed by atoms with Gasteiger partial charge in [-0.05, 0) is 5.92 Å². The lowest BCUT2D eigenvalue weighted by molar-refractivity contribution is -0.128. The molecule has 1 amide bonds. The third-order valence-corrected chi connectivity index (χ3v) is 4.46. The molecule has 1 atom stereocenters. The maximum Gasteiger partial charge on any atom is 0.255 e. The highest BCUT2D eigenvalue weighted by atomic mass is 16.5. The molecule has 120 valence electrons. The summed E-state index contributed by atoms with van der Waals surface area (Å²) in [5.41, 5.74) is 1.64. The number of carbonyl (C=O) groups excluding carboxylic acids is 1. The Hall–Kier alpha value is -1.73. The lowest BCUT2D eigenvalue weighted by Gasteiger charge is -2.29. The number of ether oxygens (including phenoxy) is 1. The summed E-state index contributed by atoms with van der Waals surface area (Å²) in [4.78, 5) is 34.9. The number of fused-ring (bicyclic) bond motifs is 1. The van der Waals surface area contributed by atoms with Crippen molar-refractivity contribution in [1.29, 1.82) is 0 Å². The molecule has 1 aromatic rings. The van der Waals surface area contributed by atoms with Gasteiger partial charge < -0.3 is 14.6 Å². The Balaban J connectivity index is 1.58. The number of hydrogen-bond acceptors (Lipinski definition) is 5. The van der Waals surface area contributed by atoms with E-state index in [1.54, 1.807) is 7.11 Å². The van der Waals surface area contributed by atoms with Crippen LogP contribution in [0.15, 0.2) is 11.1 Å². The van der Waals surface area contributed by atoms with Crippen LogP contribution in [0, 0.1) is 5.92 Å². The molecule has 0 bridgehead atoms. The Morgan fingerprint density at radius 3 is 3.14 bits per heavy atom. The molecule has 7 heteroatoms. The third kappa shape index (κ3) is 3.20. The van der Waals surface area contributed by atoms with E-state index in [1.165, 1.54) is 6.33 Å². The third-order valence-electron chi connectivity index (χ3n) is 4.46. The van der Waals surface area contributed by atoms with Gasteiger partial charge >= 0.3 is 0 Å². The standard InChI is InChI=1S/C15H22N4O3/c1-22-5-4-19-8-11(6-14(19)20)7-18-3-2-13-12(9-18)15(21)17-10-16-13/h10-11H,2-9H2,1H3,(H,16,17,21)/t11-/m1/s1. The number of nitrogens with one attached hydrogen (secondary N) is 1. The van der Waals surface area contributed by atoms with Crippen molar-refractivity contribution >= 4 is 5.91 Å². The van der Waals surface area contributed by atoms with Crippen LogP contribution in [-0.2, 0) is 22.5 Å². The molecule has 1 N–H and O–H groups in total. The summed E-state index contributed by atoms with van der Waals surface area (Å²) in [6, 6.07) is 0. The Morgan fingerprint density at radius 1 is 1.45 bits per heavy atom. The molecular weight excluding hydrogens is 284 g/mol. The molecule has 1 saturated heterocycles. The minimum Gasteiger partial charge on any atom is -0.383 e. The van der Waals surface area contributed by atoms with Crippen LogP contribution in [0.1, 0.15) is 17.7 Å². The predicted octanol–water partition coefficient (Wildman–Crippen LogP) is -0.377. The number of aromatic nitrogens is 2. The highest BCUT2D eigenvalue weighted by molar-refractivity contribution is 5.78. The maximum atomic E-state index is 12.0. The topological polar surface area (TPSA) is 78.5 Å². The first-order valence-corrected chi connectivity index (χ1v) is 7.72. The Bertz CT molecular complexity index is 601. The van der Waals surface area contributed by atoms with Crippen molar-refractivity contribution in [3.63, 3.8) is 0 Å². The maximum absolute atomic E-state index is 12.0. The molecule has 7 nitrogen and oxygen atoms in total. The molecule has 0 spiro atoms. The van der Waals surface area contributed by atoms with Crippen LogP contribution in [0.5, 0.6) is 0 Å². The zero-order valence-electron chi connectivity index (χ0n) is 12.9. The largest absolute Gasteiger partial charge is 0.383 e. The van der Waals surface area contributed by atoms with Gasteiger partial charge in [0.1, 0.15) is 0 Å². The monoisotopic (exact) mass is 306 g/mol. The fourth-order valence-corrected chi connectivity index (χ4v) is 3.32. The summed E-state index contributed by atoms with van der Waals surface area (Å²) in [5, 5.41) is 0. The van der Waals surface area contributed by atoms with Crippen molar-refractivity contribution in [2.45, 2.75) is 19.4 Å². The highest BCUT2D eigenvalue weighted by Gasteiger charge is 2.31. The van der Waals surface area contributed by atoms with Gasteiger partial charge in [-0.1, -0.05) is 0 Å². The fraction of sp³-hybridized carbons (Fsp3) is 0.667. The van der Waals surface area contributed by atoms with E-state index >= 15 is 0 Å². The second kappa shape index (κ2) is 6.58. The summed E-state index contributed by atoms with van der Waals surface area (Å²) >= 11 is 0. The van der Waals surface area contributed by atoms with Crippen molar-refractivity contribution in [3.05, 3.63) is 27.9 Å². The van der Waals surface area contributed by atoms with Crippen molar-refractivity contribution in [2.24, 2.45) is 5.92 Å². The minimum absolute atomic E-state index is 0.0427. The SMILES string of the molecule is COCCN1C[C@@H](CN2CCc3nc[nH]c(=O)c3C2)CC1=O. The first-order chi connectivity index (χ1) is 10.7. The fourth-order valence-electron chi connectivity index (χ4n) is 3.32. The number of methoxy groups -OCH3 is 1. The van der Waals surface area contributed by atoms with E-state index in [0.717, 1.165) is 37.3 Å². The van der Waals surface area contributed by atoms with E-state index in [0.29, 0.717) is 32.0 Å². The second-order valence-electron chi connectivity index (χ2n) is 6.04. The van der Waals surface area contributed by atoms with Crippen LogP contribution in [-0.4, -0.2) is 65.6 Å². The predicted molar refractivity (Wildman–Crippen MR) is 80.4 cm³/mol. The molecular formula is C15H22N4O3. The number of H-pyrrole nitrogens is 1. The van der Waals surface area contributed by atoms with Crippen molar-refractivity contribution in [3.8, 4) is 0 Å². The number of amides is 1. The molecule has 3 heterocycles. The Morgan fingerprint density at radius 2 is 2.32 bits per heavy atom. The van der Waals surface area contributed by atoms with Gasteiger partial charge in [0, 0.05) is 52.7 Å². The van der Waals surface area contributed by atoms with Gasteiger partial charge in [0.2, 0.25) is 5.91 Å². The molecule has 3 rings (SSSR count). The van der Waals surface area contributed by atoms with Crippen molar-refractivity contribution < 1.29 is 9.53 Å². The van der Waals surface area contributed by atoms with Gasteiger partial charge in [0.25, 0.3) is 5.56 Å². The van der Waals surface area contributed by atoms with Crippen molar-refractivity contribution in [1.82, 2.24) is 19.8 Å². The molecule has 22 heavy (non-hydrogen) atoms. The lowest BCUT2D eigenvalue weighted by atomic mass is 10.0. The van der Waals surface area contributed by atoms with Crippen LogP contribution in [0.4, 0.5) is 0 Å². The molecule has 1 aromatic heterocycles. The van der Waals surface area contributed by atoms with E-state index < -0.39 is 0 Å². The molecule has 0 aliphatic carbocycles. The molecule has 1 fully saturated rings. The van der Waals surface area contributed by atoms with Gasteiger partial charge in [-0.15, -0.1) is 0 Å². The van der Waals surface area contributed by atoms with Gasteiger partial charge in [-0.25, -0.2) is 4.98 Å². The number of likely N-dealkylation sites (tertiary alicyclic amines) is 1. The first-order valence-electron chi connectivity index (χ1n) is 7.72. The number of rotatable bonds is 5. The molecule has 0 radical (unpaired) electrons. The number of aromatic amines is 1. The zero-order chi connectivity index (χ0) is 15.5. The van der Waals surface area contributed by atoms with Crippen LogP contribution in [0.3, 0.4) is 0 Å². The van der Waals surface area contributed by atoms with E-state index in [1.807, 2.05) is 4.90 Å². The number of nitrogens with zero attached hydrogens (tertiary/aromatic N) is 3. The Kier molecular flexibility index (Phi) is 4.54. The molecule has 0 aromatic carbocycles. The second-order valence-corrected chi connectivity index (χ2v) is 6.04. The summed E-state index contributed by atoms with van der Waals surface area (Å²) in [6.45, 7) is 4.40. The van der Waals surface area contributed by atoms with Crippen LogP contribution in [0.25, 0.3) is 0 Å². The molecule has 2 aliphatic heterocycles. The first kappa shape index (κ1) is 15.2. The van der Waals surface area contributed by atoms with Gasteiger partial charge in [-0.2, -0.15) is 0 Å². The van der Waals surface area contributed by atoms with Gasteiger partial charge in [0.05, 0.1) is 24.2 Å². The van der Waals surface area contributed by atoms with E-state index in [2.05, 4.69) is 14.9 Å². The smallest absolute Gasteiger partial charge is 0.255 e. The summed E-state index contributed by atoms with van der Waals surface area (Å²) in [7, 11) is 1.65. The van der Waals surface area contributed by atoms with Crippen LogP contribution >= 0.6 is 0 Å². The summed E-state index contributed by atoms with van der Waals surface area (Å²) in [6.07, 6.45) is 2.86. The number of hydrogen-bond donors (Lipinski definition) is 1. The van der Waals surface area contributed by atoms with Gasteiger partial charge in [0.15, 0.2) is 0 Å². The molecule has 2 aliphatic rings. The molecule has 0 saturated carbocycles. The van der Waals surface area contributed by atoms with E-state index in [4.69, 9.17) is 4.74 Å². The summed E-state index contributed by atoms with van der Waals surface area (Å²) < 4.78 is 5.04. The van der Waals surface area contributed by atoms with E-state index in [-0.39, 0.29) is 11.5 Å².